The second-order valence-corrected chi connectivity index (χ2v) is 5.84. The van der Waals surface area contributed by atoms with Gasteiger partial charge in [-0.2, -0.15) is 0 Å². The van der Waals surface area contributed by atoms with Crippen molar-refractivity contribution < 1.29 is 5.11 Å². The largest absolute Gasteiger partial charge is 0.390 e. The summed E-state index contributed by atoms with van der Waals surface area (Å²) in [5.41, 5.74) is -0.676. The van der Waals surface area contributed by atoms with Crippen LogP contribution in [0.3, 0.4) is 0 Å². The lowest BCUT2D eigenvalue weighted by atomic mass is 10.2. The first-order chi connectivity index (χ1) is 7.01. The van der Waals surface area contributed by atoms with Crippen LogP contribution < -0.4 is 5.32 Å². The monoisotopic (exact) mass is 245 g/mol. The first kappa shape index (κ1) is 12.5. The van der Waals surface area contributed by atoms with Gasteiger partial charge in [0.15, 0.2) is 4.34 Å². The van der Waals surface area contributed by atoms with Crippen molar-refractivity contribution in [3.05, 3.63) is 12.7 Å². The Bertz CT molecular complexity index is 319. The number of hydrogen-bond donors (Lipinski definition) is 2. The van der Waals surface area contributed by atoms with Gasteiger partial charge in [0.25, 0.3) is 0 Å². The molecule has 0 bridgehead atoms. The average Bonchev–Trinajstić information content (AvgIpc) is 2.58. The SMILES string of the molecule is C=CCNc1nnc(SCC(C)(C)O)s1. The van der Waals surface area contributed by atoms with Gasteiger partial charge in [0.05, 0.1) is 5.60 Å². The summed E-state index contributed by atoms with van der Waals surface area (Å²) in [5, 5.41) is 21.3. The predicted octanol–water partition coefficient (Wildman–Crippen LogP) is 2.00. The number of thioether (sulfide) groups is 1. The highest BCUT2D eigenvalue weighted by atomic mass is 32.2. The molecule has 0 saturated carbocycles. The third kappa shape index (κ3) is 5.15. The summed E-state index contributed by atoms with van der Waals surface area (Å²) in [4.78, 5) is 0. The Morgan fingerprint density at radius 1 is 1.60 bits per heavy atom. The lowest BCUT2D eigenvalue weighted by molar-refractivity contribution is 0.107. The first-order valence-corrected chi connectivity index (χ1v) is 6.35. The molecular weight excluding hydrogens is 230 g/mol. The fourth-order valence-electron chi connectivity index (χ4n) is 0.737. The van der Waals surface area contributed by atoms with Crippen LogP contribution in [0.1, 0.15) is 13.8 Å². The van der Waals surface area contributed by atoms with Crippen LogP contribution in [-0.4, -0.2) is 33.2 Å². The van der Waals surface area contributed by atoms with Gasteiger partial charge in [-0.25, -0.2) is 0 Å². The Morgan fingerprint density at radius 3 is 2.93 bits per heavy atom. The average molecular weight is 245 g/mol. The molecule has 0 aliphatic carbocycles. The van der Waals surface area contributed by atoms with Crippen LogP contribution in [0.25, 0.3) is 0 Å². The Balaban J connectivity index is 2.42. The van der Waals surface area contributed by atoms with Gasteiger partial charge in [-0.15, -0.1) is 16.8 Å². The summed E-state index contributed by atoms with van der Waals surface area (Å²) < 4.78 is 0.865. The van der Waals surface area contributed by atoms with E-state index in [2.05, 4.69) is 22.1 Å². The normalized spacial score (nSPS) is 11.4. The summed E-state index contributed by atoms with van der Waals surface area (Å²) in [7, 11) is 0. The Morgan fingerprint density at radius 2 is 2.33 bits per heavy atom. The summed E-state index contributed by atoms with van der Waals surface area (Å²) in [6.07, 6.45) is 1.77. The number of rotatable bonds is 6. The fourth-order valence-corrected chi connectivity index (χ4v) is 2.45. The minimum absolute atomic E-state index is 0.614. The molecule has 1 heterocycles. The summed E-state index contributed by atoms with van der Waals surface area (Å²) in [6, 6.07) is 0. The number of hydrogen-bond acceptors (Lipinski definition) is 6. The highest BCUT2D eigenvalue weighted by molar-refractivity contribution is 8.01. The van der Waals surface area contributed by atoms with Crippen molar-refractivity contribution in [3.63, 3.8) is 0 Å². The zero-order valence-electron chi connectivity index (χ0n) is 8.86. The van der Waals surface area contributed by atoms with E-state index in [9.17, 15) is 5.11 Å². The van der Waals surface area contributed by atoms with Gasteiger partial charge in [-0.1, -0.05) is 29.2 Å². The minimum atomic E-state index is -0.676. The highest BCUT2D eigenvalue weighted by Crippen LogP contribution is 2.27. The maximum Gasteiger partial charge on any atom is 0.206 e. The molecular formula is C9H15N3OS2. The van der Waals surface area contributed by atoms with E-state index in [4.69, 9.17) is 0 Å². The molecule has 0 aliphatic rings. The lowest BCUT2D eigenvalue weighted by Gasteiger charge is -2.14. The molecule has 0 saturated heterocycles. The molecule has 0 spiro atoms. The van der Waals surface area contributed by atoms with Crippen molar-refractivity contribution in [1.82, 2.24) is 10.2 Å². The Kier molecular flexibility index (Phi) is 4.56. The molecule has 0 aromatic carbocycles. The van der Waals surface area contributed by atoms with Crippen LogP contribution in [0.5, 0.6) is 0 Å². The zero-order chi connectivity index (χ0) is 11.3. The Labute approximate surface area is 97.8 Å². The van der Waals surface area contributed by atoms with Crippen molar-refractivity contribution in [2.45, 2.75) is 23.8 Å². The van der Waals surface area contributed by atoms with Crippen molar-refractivity contribution >= 4 is 28.2 Å². The zero-order valence-corrected chi connectivity index (χ0v) is 10.5. The smallest absolute Gasteiger partial charge is 0.206 e. The third-order valence-electron chi connectivity index (χ3n) is 1.35. The second kappa shape index (κ2) is 5.48. The molecule has 1 aromatic rings. The fraction of sp³-hybridized carbons (Fsp3) is 0.556. The van der Waals surface area contributed by atoms with E-state index in [0.717, 1.165) is 9.47 Å². The molecule has 84 valence electrons. The molecule has 4 nitrogen and oxygen atoms in total. The van der Waals surface area contributed by atoms with Crippen LogP contribution in [-0.2, 0) is 0 Å². The molecule has 0 fully saturated rings. The van der Waals surface area contributed by atoms with E-state index in [0.29, 0.717) is 12.3 Å². The quantitative estimate of drug-likeness (QED) is 0.593. The maximum absolute atomic E-state index is 9.53. The number of aromatic nitrogens is 2. The molecule has 1 rings (SSSR count). The summed E-state index contributed by atoms with van der Waals surface area (Å²) >= 11 is 2.99. The number of aliphatic hydroxyl groups is 1. The van der Waals surface area contributed by atoms with Crippen molar-refractivity contribution in [2.24, 2.45) is 0 Å². The molecule has 0 unspecified atom stereocenters. The molecule has 1 aromatic heterocycles. The van der Waals surface area contributed by atoms with Gasteiger partial charge in [-0.05, 0) is 13.8 Å². The Hall–Kier alpha value is -0.590. The highest BCUT2D eigenvalue weighted by Gasteiger charge is 2.14. The van der Waals surface area contributed by atoms with Crippen LogP contribution in [0, 0.1) is 0 Å². The number of nitrogens with zero attached hydrogens (tertiary/aromatic N) is 2. The third-order valence-corrected chi connectivity index (χ3v) is 3.81. The minimum Gasteiger partial charge on any atom is -0.390 e. The first-order valence-electron chi connectivity index (χ1n) is 4.55. The maximum atomic E-state index is 9.53. The predicted molar refractivity (Wildman–Crippen MR) is 65.6 cm³/mol. The number of anilines is 1. The summed E-state index contributed by atoms with van der Waals surface area (Å²) in [5.74, 6) is 0.614. The van der Waals surface area contributed by atoms with E-state index >= 15 is 0 Å². The van der Waals surface area contributed by atoms with Gasteiger partial charge in [0.1, 0.15) is 0 Å². The van der Waals surface area contributed by atoms with E-state index < -0.39 is 5.60 Å². The van der Waals surface area contributed by atoms with Crippen LogP contribution in [0.4, 0.5) is 5.13 Å². The van der Waals surface area contributed by atoms with Gasteiger partial charge in [-0.3, -0.25) is 0 Å². The number of nitrogens with one attached hydrogen (secondary N) is 1. The van der Waals surface area contributed by atoms with E-state index in [1.807, 2.05) is 0 Å². The van der Waals surface area contributed by atoms with Gasteiger partial charge < -0.3 is 10.4 Å². The molecule has 15 heavy (non-hydrogen) atoms. The van der Waals surface area contributed by atoms with E-state index in [1.165, 1.54) is 23.1 Å². The van der Waals surface area contributed by atoms with Gasteiger partial charge in [0, 0.05) is 12.3 Å². The molecule has 0 amide bonds. The second-order valence-electron chi connectivity index (χ2n) is 3.64. The van der Waals surface area contributed by atoms with Crippen LogP contribution in [0.15, 0.2) is 17.0 Å². The van der Waals surface area contributed by atoms with Crippen LogP contribution in [0.2, 0.25) is 0 Å². The molecule has 2 N–H and O–H groups in total. The topological polar surface area (TPSA) is 58.0 Å². The lowest BCUT2D eigenvalue weighted by Crippen LogP contribution is -2.21. The van der Waals surface area contributed by atoms with Gasteiger partial charge >= 0.3 is 0 Å². The van der Waals surface area contributed by atoms with Crippen molar-refractivity contribution in [2.75, 3.05) is 17.6 Å². The standard InChI is InChI=1S/C9H15N3OS2/c1-4-5-10-7-11-12-8(15-7)14-6-9(2,3)13/h4,13H,1,5-6H2,2-3H3,(H,10,11). The molecule has 0 radical (unpaired) electrons. The molecule has 0 aliphatic heterocycles. The van der Waals surface area contributed by atoms with Crippen molar-refractivity contribution in [1.29, 1.82) is 0 Å². The van der Waals surface area contributed by atoms with Crippen molar-refractivity contribution in [3.8, 4) is 0 Å². The van der Waals surface area contributed by atoms with Gasteiger partial charge in [0.2, 0.25) is 5.13 Å². The molecule has 0 atom stereocenters. The van der Waals surface area contributed by atoms with E-state index in [-0.39, 0.29) is 0 Å². The molecule has 6 heteroatoms. The summed E-state index contributed by atoms with van der Waals surface area (Å²) in [6.45, 7) is 7.84. The van der Waals surface area contributed by atoms with E-state index in [1.54, 1.807) is 19.9 Å². The van der Waals surface area contributed by atoms with Crippen LogP contribution >= 0.6 is 23.1 Å².